The van der Waals surface area contributed by atoms with E-state index in [4.69, 9.17) is 4.74 Å². The molecule has 29 heavy (non-hydrogen) atoms. The molecule has 0 saturated heterocycles. The van der Waals surface area contributed by atoms with Crippen molar-refractivity contribution in [1.29, 1.82) is 0 Å². The third-order valence-electron chi connectivity index (χ3n) is 4.55. The number of nitrogens with zero attached hydrogens (tertiary/aromatic N) is 6. The fraction of sp³-hybridized carbons (Fsp3) is 0.238. The summed E-state index contributed by atoms with van der Waals surface area (Å²) in [4.78, 5) is 23.6. The van der Waals surface area contributed by atoms with Gasteiger partial charge in [-0.1, -0.05) is 0 Å². The standard InChI is InChI=1S/C21H22N6O2/c1-25(2)8-9-27-14-23-19-5-4-16(10-18(19)21(27)28)29-17-6-7-22-20(11-17)15-12-24-26(3)13-15/h4-7,10-14H,8-9H2,1-3H3. The molecule has 0 amide bonds. The van der Waals surface area contributed by atoms with Crippen LogP contribution in [0.15, 0.2) is 60.0 Å². The summed E-state index contributed by atoms with van der Waals surface area (Å²) >= 11 is 0. The van der Waals surface area contributed by atoms with Crippen molar-refractivity contribution >= 4 is 10.9 Å². The van der Waals surface area contributed by atoms with Crippen LogP contribution in [0.1, 0.15) is 0 Å². The number of hydrogen-bond acceptors (Lipinski definition) is 6. The number of benzene rings is 1. The number of aryl methyl sites for hydroxylation is 1. The Kier molecular flexibility index (Phi) is 5.09. The van der Waals surface area contributed by atoms with E-state index in [0.29, 0.717) is 28.9 Å². The van der Waals surface area contributed by atoms with Gasteiger partial charge in [0.05, 0.1) is 29.1 Å². The lowest BCUT2D eigenvalue weighted by molar-refractivity contribution is 0.380. The Morgan fingerprint density at radius 1 is 1.10 bits per heavy atom. The van der Waals surface area contributed by atoms with Gasteiger partial charge in [-0.3, -0.25) is 19.0 Å². The second kappa shape index (κ2) is 7.84. The van der Waals surface area contributed by atoms with E-state index in [1.54, 1.807) is 46.2 Å². The summed E-state index contributed by atoms with van der Waals surface area (Å²) in [5.74, 6) is 1.21. The lowest BCUT2D eigenvalue weighted by atomic mass is 10.2. The maximum Gasteiger partial charge on any atom is 0.261 e. The summed E-state index contributed by atoms with van der Waals surface area (Å²) in [6, 6.07) is 8.97. The normalized spacial score (nSPS) is 11.3. The molecule has 0 aliphatic heterocycles. The third-order valence-corrected chi connectivity index (χ3v) is 4.55. The van der Waals surface area contributed by atoms with E-state index < -0.39 is 0 Å². The monoisotopic (exact) mass is 390 g/mol. The SMILES string of the molecule is CN(C)CCn1cnc2ccc(Oc3ccnc(-c4cnn(C)c4)c3)cc2c1=O. The van der Waals surface area contributed by atoms with Crippen LogP contribution in [0.4, 0.5) is 0 Å². The van der Waals surface area contributed by atoms with E-state index in [2.05, 4.69) is 15.1 Å². The first-order chi connectivity index (χ1) is 14.0. The molecule has 8 heteroatoms. The second-order valence-corrected chi connectivity index (χ2v) is 7.11. The minimum absolute atomic E-state index is 0.0759. The highest BCUT2D eigenvalue weighted by molar-refractivity contribution is 5.79. The zero-order valence-corrected chi connectivity index (χ0v) is 16.6. The molecule has 0 radical (unpaired) electrons. The average Bonchev–Trinajstić information content (AvgIpc) is 3.14. The van der Waals surface area contributed by atoms with Gasteiger partial charge in [-0.15, -0.1) is 0 Å². The lowest BCUT2D eigenvalue weighted by Crippen LogP contribution is -2.26. The Hall–Kier alpha value is -3.52. The van der Waals surface area contributed by atoms with Crippen molar-refractivity contribution in [3.05, 3.63) is 65.6 Å². The van der Waals surface area contributed by atoms with Gasteiger partial charge in [0.2, 0.25) is 0 Å². The Morgan fingerprint density at radius 3 is 2.69 bits per heavy atom. The van der Waals surface area contributed by atoms with Gasteiger partial charge in [0.25, 0.3) is 5.56 Å². The summed E-state index contributed by atoms with van der Waals surface area (Å²) in [6.07, 6.45) is 6.93. The van der Waals surface area contributed by atoms with Crippen molar-refractivity contribution in [1.82, 2.24) is 29.2 Å². The summed E-state index contributed by atoms with van der Waals surface area (Å²) in [5, 5.41) is 4.71. The number of rotatable bonds is 6. The first kappa shape index (κ1) is 18.8. The fourth-order valence-corrected chi connectivity index (χ4v) is 2.99. The molecule has 4 rings (SSSR count). The highest BCUT2D eigenvalue weighted by Gasteiger charge is 2.09. The fourth-order valence-electron chi connectivity index (χ4n) is 2.99. The van der Waals surface area contributed by atoms with Crippen LogP contribution in [0.5, 0.6) is 11.5 Å². The zero-order chi connectivity index (χ0) is 20.4. The number of fused-ring (bicyclic) bond motifs is 1. The van der Waals surface area contributed by atoms with Crippen LogP contribution in [0.25, 0.3) is 22.2 Å². The van der Waals surface area contributed by atoms with Crippen molar-refractivity contribution < 1.29 is 4.74 Å². The van der Waals surface area contributed by atoms with Crippen LogP contribution in [-0.2, 0) is 13.6 Å². The molecule has 3 aromatic heterocycles. The van der Waals surface area contributed by atoms with Crippen molar-refractivity contribution in [3.8, 4) is 22.8 Å². The highest BCUT2D eigenvalue weighted by atomic mass is 16.5. The smallest absolute Gasteiger partial charge is 0.261 e. The van der Waals surface area contributed by atoms with Gasteiger partial charge >= 0.3 is 0 Å². The van der Waals surface area contributed by atoms with Crippen molar-refractivity contribution in [3.63, 3.8) is 0 Å². The van der Waals surface area contributed by atoms with Crippen LogP contribution in [0, 0.1) is 0 Å². The van der Waals surface area contributed by atoms with Crippen LogP contribution in [0.3, 0.4) is 0 Å². The maximum atomic E-state index is 12.8. The maximum absolute atomic E-state index is 12.8. The van der Waals surface area contributed by atoms with E-state index in [0.717, 1.165) is 17.8 Å². The molecule has 0 N–H and O–H groups in total. The molecule has 0 bridgehead atoms. The minimum Gasteiger partial charge on any atom is -0.457 e. The molecule has 4 aromatic rings. The van der Waals surface area contributed by atoms with Crippen molar-refractivity contribution in [2.24, 2.45) is 7.05 Å². The van der Waals surface area contributed by atoms with Gasteiger partial charge in [0, 0.05) is 44.2 Å². The van der Waals surface area contributed by atoms with E-state index in [1.807, 2.05) is 44.4 Å². The first-order valence-corrected chi connectivity index (χ1v) is 9.26. The highest BCUT2D eigenvalue weighted by Crippen LogP contribution is 2.26. The largest absolute Gasteiger partial charge is 0.457 e. The van der Waals surface area contributed by atoms with Gasteiger partial charge in [0.15, 0.2) is 0 Å². The molecule has 0 unspecified atom stereocenters. The Balaban J connectivity index is 1.63. The van der Waals surface area contributed by atoms with E-state index in [-0.39, 0.29) is 5.56 Å². The minimum atomic E-state index is -0.0759. The molecule has 0 aliphatic carbocycles. The predicted molar refractivity (Wildman–Crippen MR) is 111 cm³/mol. The molecule has 0 aliphatic rings. The topological polar surface area (TPSA) is 78.1 Å². The van der Waals surface area contributed by atoms with Crippen LogP contribution in [-0.4, -0.2) is 49.9 Å². The van der Waals surface area contributed by atoms with Crippen molar-refractivity contribution in [2.75, 3.05) is 20.6 Å². The number of hydrogen-bond donors (Lipinski definition) is 0. The Bertz CT molecular complexity index is 1210. The molecule has 1 aromatic carbocycles. The summed E-state index contributed by atoms with van der Waals surface area (Å²) in [6.45, 7) is 1.34. The summed E-state index contributed by atoms with van der Waals surface area (Å²) in [5.41, 5.74) is 2.25. The van der Waals surface area contributed by atoms with Crippen LogP contribution >= 0.6 is 0 Å². The van der Waals surface area contributed by atoms with E-state index >= 15 is 0 Å². The number of likely N-dealkylation sites (N-methyl/N-ethyl adjacent to an activating group) is 1. The predicted octanol–water partition coefficient (Wildman–Crippen LogP) is 2.55. The second-order valence-electron chi connectivity index (χ2n) is 7.11. The summed E-state index contributed by atoms with van der Waals surface area (Å²) < 4.78 is 9.35. The molecular weight excluding hydrogens is 368 g/mol. The molecule has 148 valence electrons. The molecule has 3 heterocycles. The summed E-state index contributed by atoms with van der Waals surface area (Å²) in [7, 11) is 5.80. The average molecular weight is 390 g/mol. The Morgan fingerprint density at radius 2 is 1.93 bits per heavy atom. The quantitative estimate of drug-likeness (QED) is 0.504. The van der Waals surface area contributed by atoms with Gasteiger partial charge < -0.3 is 9.64 Å². The van der Waals surface area contributed by atoms with Gasteiger partial charge in [-0.05, 0) is 38.4 Å². The molecule has 0 saturated carbocycles. The third kappa shape index (κ3) is 4.17. The molecule has 0 atom stereocenters. The number of aromatic nitrogens is 5. The molecular formula is C21H22N6O2. The van der Waals surface area contributed by atoms with Gasteiger partial charge in [-0.2, -0.15) is 5.10 Å². The molecule has 0 fully saturated rings. The lowest BCUT2D eigenvalue weighted by Gasteiger charge is -2.12. The number of pyridine rings is 1. The van der Waals surface area contributed by atoms with Gasteiger partial charge in [0.1, 0.15) is 11.5 Å². The zero-order valence-electron chi connectivity index (χ0n) is 16.6. The Labute approximate surface area is 168 Å². The van der Waals surface area contributed by atoms with Crippen LogP contribution in [0.2, 0.25) is 0 Å². The van der Waals surface area contributed by atoms with E-state index in [1.165, 1.54) is 0 Å². The van der Waals surface area contributed by atoms with Crippen LogP contribution < -0.4 is 10.3 Å². The first-order valence-electron chi connectivity index (χ1n) is 9.26. The van der Waals surface area contributed by atoms with Gasteiger partial charge in [-0.25, -0.2) is 4.98 Å². The molecule has 8 nitrogen and oxygen atoms in total. The van der Waals surface area contributed by atoms with Crippen molar-refractivity contribution in [2.45, 2.75) is 6.54 Å². The number of ether oxygens (including phenoxy) is 1. The van der Waals surface area contributed by atoms with E-state index in [9.17, 15) is 4.79 Å². The molecule has 0 spiro atoms.